The Labute approximate surface area is 61.1 Å². The monoisotopic (exact) mass is 145 g/mol. The molecule has 60 valence electrons. The van der Waals surface area contributed by atoms with Crippen LogP contribution in [0, 0.1) is 5.41 Å². The Balaban J connectivity index is 3.40. The Hall–Kier alpha value is -0.810. The first kappa shape index (κ1) is 9.19. The molecule has 0 aliphatic carbocycles. The number of hydrazine groups is 1. The van der Waals surface area contributed by atoms with E-state index in [1.54, 1.807) is 0 Å². The largest absolute Gasteiger partial charge is 0.369 e. The van der Waals surface area contributed by atoms with E-state index < -0.39 is 0 Å². The van der Waals surface area contributed by atoms with Crippen LogP contribution in [0.5, 0.6) is 0 Å². The number of likely N-dealkylation sites (N-methyl/N-ethyl adjacent to an activating group) is 1. The van der Waals surface area contributed by atoms with Gasteiger partial charge >= 0.3 is 0 Å². The number of hydrogen-bond donors (Lipinski definition) is 3. The van der Waals surface area contributed by atoms with Gasteiger partial charge in [0.1, 0.15) is 0 Å². The van der Waals surface area contributed by atoms with Gasteiger partial charge in [-0.1, -0.05) is 0 Å². The summed E-state index contributed by atoms with van der Waals surface area (Å²) < 4.78 is 0. The first-order valence-corrected chi connectivity index (χ1v) is 3.05. The molecule has 10 heavy (non-hydrogen) atoms. The zero-order chi connectivity index (χ0) is 8.15. The molecule has 0 saturated heterocycles. The molecule has 0 unspecified atom stereocenters. The summed E-state index contributed by atoms with van der Waals surface area (Å²) in [5.74, 6) is 5.23. The van der Waals surface area contributed by atoms with E-state index in [4.69, 9.17) is 17.0 Å². The molecule has 0 radical (unpaired) electrons. The SMILES string of the molecule is CN(C)CCN(N)C(=N)N. The van der Waals surface area contributed by atoms with Gasteiger partial charge in [-0.3, -0.25) is 10.4 Å². The van der Waals surface area contributed by atoms with Crippen molar-refractivity contribution in [2.75, 3.05) is 27.2 Å². The summed E-state index contributed by atoms with van der Waals surface area (Å²) in [6, 6.07) is 0. The number of guanidine groups is 1. The maximum atomic E-state index is 6.90. The van der Waals surface area contributed by atoms with E-state index in [0.29, 0.717) is 6.54 Å². The number of nitrogens with zero attached hydrogens (tertiary/aromatic N) is 2. The summed E-state index contributed by atoms with van der Waals surface area (Å²) in [6.07, 6.45) is 0. The van der Waals surface area contributed by atoms with Crippen LogP contribution in [0.3, 0.4) is 0 Å². The van der Waals surface area contributed by atoms with Gasteiger partial charge in [0.05, 0.1) is 0 Å². The van der Waals surface area contributed by atoms with Crippen LogP contribution < -0.4 is 11.6 Å². The highest BCUT2D eigenvalue weighted by Gasteiger charge is 1.98. The van der Waals surface area contributed by atoms with E-state index in [2.05, 4.69) is 0 Å². The molecule has 5 nitrogen and oxygen atoms in total. The molecule has 5 heteroatoms. The van der Waals surface area contributed by atoms with Gasteiger partial charge in [-0.2, -0.15) is 0 Å². The fraction of sp³-hybridized carbons (Fsp3) is 0.800. The molecule has 0 spiro atoms. The van der Waals surface area contributed by atoms with Gasteiger partial charge in [0.2, 0.25) is 5.96 Å². The maximum Gasteiger partial charge on any atom is 0.202 e. The molecule has 5 N–H and O–H groups in total. The predicted molar refractivity (Wildman–Crippen MR) is 41.4 cm³/mol. The summed E-state index contributed by atoms with van der Waals surface area (Å²) in [4.78, 5) is 1.98. The molecule has 0 rings (SSSR count). The highest BCUT2D eigenvalue weighted by molar-refractivity contribution is 5.73. The normalized spacial score (nSPS) is 10.0. The Morgan fingerprint density at radius 3 is 2.20 bits per heavy atom. The lowest BCUT2D eigenvalue weighted by Crippen LogP contribution is -2.45. The molecule has 0 aliphatic heterocycles. The Bertz CT molecular complexity index is 111. The van der Waals surface area contributed by atoms with Gasteiger partial charge in [0.25, 0.3) is 0 Å². The number of nitrogens with two attached hydrogens (primary N) is 2. The van der Waals surface area contributed by atoms with Crippen molar-refractivity contribution in [3.8, 4) is 0 Å². The lowest BCUT2D eigenvalue weighted by Gasteiger charge is -2.18. The van der Waals surface area contributed by atoms with Crippen LogP contribution in [0.15, 0.2) is 0 Å². The third-order valence-corrected chi connectivity index (χ3v) is 1.10. The summed E-state index contributed by atoms with van der Waals surface area (Å²) in [7, 11) is 3.88. The second-order valence-corrected chi connectivity index (χ2v) is 2.38. The van der Waals surface area contributed by atoms with E-state index >= 15 is 0 Å². The summed E-state index contributed by atoms with van der Waals surface area (Å²) in [5.41, 5.74) is 5.09. The fourth-order valence-electron chi connectivity index (χ4n) is 0.428. The Morgan fingerprint density at radius 1 is 1.40 bits per heavy atom. The number of nitrogens with one attached hydrogen (secondary N) is 1. The lowest BCUT2D eigenvalue weighted by atomic mass is 10.5. The Morgan fingerprint density at radius 2 is 1.90 bits per heavy atom. The van der Waals surface area contributed by atoms with Crippen molar-refractivity contribution in [3.63, 3.8) is 0 Å². The first-order valence-electron chi connectivity index (χ1n) is 3.05. The fourth-order valence-corrected chi connectivity index (χ4v) is 0.428. The smallest absolute Gasteiger partial charge is 0.202 e. The average Bonchev–Trinajstić information content (AvgIpc) is 1.82. The highest BCUT2D eigenvalue weighted by Crippen LogP contribution is 1.77. The average molecular weight is 145 g/mol. The van der Waals surface area contributed by atoms with Crippen molar-refractivity contribution in [1.82, 2.24) is 9.91 Å². The van der Waals surface area contributed by atoms with E-state index in [1.807, 2.05) is 19.0 Å². The number of rotatable bonds is 3. The standard InChI is InChI=1S/C5H15N5/c1-9(2)3-4-10(8)5(6)7/h3-4,8H2,1-2H3,(H3,6,7). The van der Waals surface area contributed by atoms with Gasteiger partial charge in [-0.05, 0) is 14.1 Å². The van der Waals surface area contributed by atoms with Gasteiger partial charge in [0, 0.05) is 13.1 Å². The van der Waals surface area contributed by atoms with Crippen LogP contribution in [0.2, 0.25) is 0 Å². The van der Waals surface area contributed by atoms with Crippen molar-refractivity contribution in [1.29, 1.82) is 5.41 Å². The molecule has 0 heterocycles. The van der Waals surface area contributed by atoms with Crippen LogP contribution in [-0.2, 0) is 0 Å². The lowest BCUT2D eigenvalue weighted by molar-refractivity contribution is 0.332. The van der Waals surface area contributed by atoms with Crippen molar-refractivity contribution in [2.45, 2.75) is 0 Å². The van der Waals surface area contributed by atoms with E-state index in [9.17, 15) is 0 Å². The van der Waals surface area contributed by atoms with Crippen molar-refractivity contribution < 1.29 is 0 Å². The molecule has 0 aromatic carbocycles. The molecule has 0 amide bonds. The zero-order valence-electron chi connectivity index (χ0n) is 6.46. The molecule has 0 bridgehead atoms. The molecule has 0 aromatic heterocycles. The van der Waals surface area contributed by atoms with Gasteiger partial charge in [0.15, 0.2) is 0 Å². The molecule has 0 aromatic rings. The van der Waals surface area contributed by atoms with Crippen LogP contribution >= 0.6 is 0 Å². The molecular weight excluding hydrogens is 130 g/mol. The number of hydrogen-bond acceptors (Lipinski definition) is 3. The van der Waals surface area contributed by atoms with Gasteiger partial charge in [-0.15, -0.1) is 0 Å². The van der Waals surface area contributed by atoms with E-state index in [0.717, 1.165) is 6.54 Å². The minimum atomic E-state index is -0.0955. The van der Waals surface area contributed by atoms with Crippen LogP contribution in [0.25, 0.3) is 0 Å². The predicted octanol–water partition coefficient (Wildman–Crippen LogP) is -1.38. The first-order chi connectivity index (χ1) is 4.54. The second-order valence-electron chi connectivity index (χ2n) is 2.38. The quantitative estimate of drug-likeness (QED) is 0.198. The minimum Gasteiger partial charge on any atom is -0.369 e. The van der Waals surface area contributed by atoms with Crippen LogP contribution in [0.1, 0.15) is 0 Å². The second kappa shape index (κ2) is 4.08. The maximum absolute atomic E-state index is 6.90. The summed E-state index contributed by atoms with van der Waals surface area (Å²) in [5, 5.41) is 8.11. The molecule has 0 saturated carbocycles. The van der Waals surface area contributed by atoms with Crippen molar-refractivity contribution in [2.24, 2.45) is 11.6 Å². The van der Waals surface area contributed by atoms with Crippen molar-refractivity contribution in [3.05, 3.63) is 0 Å². The highest BCUT2D eigenvalue weighted by atomic mass is 15.5. The third kappa shape index (κ3) is 4.11. The van der Waals surface area contributed by atoms with Crippen molar-refractivity contribution >= 4 is 5.96 Å². The Kier molecular flexibility index (Phi) is 3.75. The molecule has 0 fully saturated rings. The van der Waals surface area contributed by atoms with Crippen LogP contribution in [-0.4, -0.2) is 43.1 Å². The molecular formula is C5H15N5. The topological polar surface area (TPSA) is 82.4 Å². The molecule has 0 aliphatic rings. The van der Waals surface area contributed by atoms with Gasteiger partial charge in [-0.25, -0.2) is 5.84 Å². The van der Waals surface area contributed by atoms with E-state index in [1.165, 1.54) is 5.01 Å². The summed E-state index contributed by atoms with van der Waals surface area (Å²) in [6.45, 7) is 1.39. The van der Waals surface area contributed by atoms with E-state index in [-0.39, 0.29) is 5.96 Å². The zero-order valence-corrected chi connectivity index (χ0v) is 6.46. The molecule has 0 atom stereocenters. The third-order valence-electron chi connectivity index (χ3n) is 1.10. The van der Waals surface area contributed by atoms with Crippen LogP contribution in [0.4, 0.5) is 0 Å². The van der Waals surface area contributed by atoms with Gasteiger partial charge < -0.3 is 10.6 Å². The minimum absolute atomic E-state index is 0.0955. The summed E-state index contributed by atoms with van der Waals surface area (Å²) >= 11 is 0.